The largest absolute Gasteiger partial charge is 0.454 e. The number of rotatable bonds is 4. The summed E-state index contributed by atoms with van der Waals surface area (Å²) in [6.45, 7) is 2.02. The van der Waals surface area contributed by atoms with Crippen LogP contribution in [-0.2, 0) is 16.6 Å². The van der Waals surface area contributed by atoms with E-state index >= 15 is 0 Å². The number of halogens is 1. The van der Waals surface area contributed by atoms with Crippen molar-refractivity contribution in [1.29, 1.82) is 0 Å². The van der Waals surface area contributed by atoms with E-state index in [9.17, 15) is 9.18 Å². The molecular formula is C17H15FO3. The van der Waals surface area contributed by atoms with Crippen LogP contribution >= 0.6 is 0 Å². The number of hydrogen-bond donors (Lipinski definition) is 0. The van der Waals surface area contributed by atoms with Crippen molar-refractivity contribution in [2.45, 2.75) is 18.8 Å². The van der Waals surface area contributed by atoms with Crippen LogP contribution in [0.4, 0.5) is 4.39 Å². The van der Waals surface area contributed by atoms with Gasteiger partial charge >= 0.3 is 0 Å². The van der Waals surface area contributed by atoms with Gasteiger partial charge < -0.3 is 14.3 Å². The molecule has 0 spiro atoms. The molecule has 0 saturated carbocycles. The fourth-order valence-electron chi connectivity index (χ4n) is 2.53. The van der Waals surface area contributed by atoms with Gasteiger partial charge in [-0.15, -0.1) is 0 Å². The Morgan fingerprint density at radius 1 is 1.19 bits per heavy atom. The minimum Gasteiger partial charge on any atom is -0.454 e. The smallest absolute Gasteiger partial charge is 0.231 e. The molecule has 4 heteroatoms. The number of aldehydes is 1. The lowest BCUT2D eigenvalue weighted by Gasteiger charge is -2.24. The first-order chi connectivity index (χ1) is 10.1. The van der Waals surface area contributed by atoms with E-state index in [0.717, 1.165) is 11.8 Å². The van der Waals surface area contributed by atoms with E-state index in [1.807, 2.05) is 18.2 Å². The monoisotopic (exact) mass is 286 g/mol. The molecule has 1 atom stereocenters. The molecule has 1 aliphatic heterocycles. The number of fused-ring (bicyclic) bond motifs is 1. The van der Waals surface area contributed by atoms with E-state index in [4.69, 9.17) is 9.47 Å². The van der Waals surface area contributed by atoms with E-state index in [2.05, 4.69) is 0 Å². The predicted molar refractivity (Wildman–Crippen MR) is 76.1 cm³/mol. The van der Waals surface area contributed by atoms with E-state index in [1.54, 1.807) is 19.1 Å². The average molecular weight is 286 g/mol. The van der Waals surface area contributed by atoms with Crippen LogP contribution in [0.15, 0.2) is 42.5 Å². The fraction of sp³-hybridized carbons (Fsp3) is 0.235. The predicted octanol–water partition coefficient (Wildman–Crippen LogP) is 3.25. The van der Waals surface area contributed by atoms with Crippen LogP contribution in [0, 0.1) is 5.82 Å². The molecule has 1 heterocycles. The Bertz CT molecular complexity index is 683. The van der Waals surface area contributed by atoms with Crippen LogP contribution in [0.1, 0.15) is 18.1 Å². The number of hydrogen-bond acceptors (Lipinski definition) is 3. The van der Waals surface area contributed by atoms with Gasteiger partial charge in [-0.25, -0.2) is 4.39 Å². The number of ether oxygens (including phenoxy) is 2. The molecule has 0 fully saturated rings. The van der Waals surface area contributed by atoms with Gasteiger partial charge in [0.15, 0.2) is 11.5 Å². The maximum atomic E-state index is 13.4. The molecule has 0 aliphatic carbocycles. The Labute approximate surface area is 122 Å². The topological polar surface area (TPSA) is 35.5 Å². The summed E-state index contributed by atoms with van der Waals surface area (Å²) in [5.41, 5.74) is 0.823. The SMILES string of the molecule is CC(C=O)(Cc1ccc2c(c1)OCO2)c1cccc(F)c1. The second-order valence-electron chi connectivity index (χ2n) is 5.41. The first-order valence-electron chi connectivity index (χ1n) is 6.72. The molecule has 21 heavy (non-hydrogen) atoms. The maximum Gasteiger partial charge on any atom is 0.231 e. The highest BCUT2D eigenvalue weighted by Gasteiger charge is 2.28. The van der Waals surface area contributed by atoms with Crippen LogP contribution in [0.25, 0.3) is 0 Å². The second-order valence-corrected chi connectivity index (χ2v) is 5.41. The van der Waals surface area contributed by atoms with Gasteiger partial charge in [0.1, 0.15) is 12.1 Å². The van der Waals surface area contributed by atoms with E-state index in [-0.39, 0.29) is 12.6 Å². The van der Waals surface area contributed by atoms with Gasteiger partial charge in [0.2, 0.25) is 6.79 Å². The van der Waals surface area contributed by atoms with Crippen molar-refractivity contribution in [1.82, 2.24) is 0 Å². The van der Waals surface area contributed by atoms with Crippen molar-refractivity contribution in [3.05, 3.63) is 59.4 Å². The van der Waals surface area contributed by atoms with Crippen molar-refractivity contribution >= 4 is 6.29 Å². The van der Waals surface area contributed by atoms with Crippen molar-refractivity contribution < 1.29 is 18.7 Å². The Morgan fingerprint density at radius 2 is 2.00 bits per heavy atom. The van der Waals surface area contributed by atoms with Crippen molar-refractivity contribution in [3.63, 3.8) is 0 Å². The minimum absolute atomic E-state index is 0.216. The van der Waals surface area contributed by atoms with Gasteiger partial charge in [0, 0.05) is 0 Å². The number of benzene rings is 2. The van der Waals surface area contributed by atoms with Crippen LogP contribution < -0.4 is 9.47 Å². The lowest BCUT2D eigenvalue weighted by molar-refractivity contribution is -0.112. The minimum atomic E-state index is -0.782. The third-order valence-electron chi connectivity index (χ3n) is 3.75. The molecule has 108 valence electrons. The second kappa shape index (κ2) is 5.20. The van der Waals surface area contributed by atoms with Gasteiger partial charge in [0.25, 0.3) is 0 Å². The number of carbonyl (C=O) groups excluding carboxylic acids is 1. The quantitative estimate of drug-likeness (QED) is 0.809. The fourth-order valence-corrected chi connectivity index (χ4v) is 2.53. The molecule has 0 bridgehead atoms. The molecule has 0 radical (unpaired) electrons. The van der Waals surface area contributed by atoms with Gasteiger partial charge in [-0.05, 0) is 48.7 Å². The summed E-state index contributed by atoms with van der Waals surface area (Å²) in [4.78, 5) is 11.6. The summed E-state index contributed by atoms with van der Waals surface area (Å²) >= 11 is 0. The first-order valence-corrected chi connectivity index (χ1v) is 6.72. The van der Waals surface area contributed by atoms with Gasteiger partial charge in [0.05, 0.1) is 5.41 Å². The van der Waals surface area contributed by atoms with Gasteiger partial charge in [-0.3, -0.25) is 0 Å². The van der Waals surface area contributed by atoms with Gasteiger partial charge in [-0.2, -0.15) is 0 Å². The normalized spacial score (nSPS) is 15.5. The third-order valence-corrected chi connectivity index (χ3v) is 3.75. The standard InChI is InChI=1S/C17H15FO3/c1-17(10-19,13-3-2-4-14(18)8-13)9-12-5-6-15-16(7-12)21-11-20-15/h2-8,10H,9,11H2,1H3. The van der Waals surface area contributed by atoms with Crippen LogP contribution in [0.2, 0.25) is 0 Å². The lowest BCUT2D eigenvalue weighted by atomic mass is 9.78. The summed E-state index contributed by atoms with van der Waals surface area (Å²) in [7, 11) is 0. The highest BCUT2D eigenvalue weighted by molar-refractivity contribution is 5.69. The van der Waals surface area contributed by atoms with Crippen LogP contribution in [0.3, 0.4) is 0 Å². The Kier molecular flexibility index (Phi) is 3.37. The highest BCUT2D eigenvalue weighted by atomic mass is 19.1. The summed E-state index contributed by atoms with van der Waals surface area (Å²) in [5, 5.41) is 0. The molecule has 2 aromatic rings. The molecule has 3 nitrogen and oxygen atoms in total. The first kappa shape index (κ1) is 13.6. The molecule has 3 rings (SSSR count). The maximum absolute atomic E-state index is 13.4. The summed E-state index contributed by atoms with van der Waals surface area (Å²) in [5.74, 6) is 1.04. The summed E-state index contributed by atoms with van der Waals surface area (Å²) in [6, 6.07) is 11.7. The van der Waals surface area contributed by atoms with Crippen molar-refractivity contribution in [2.75, 3.05) is 6.79 Å². The molecule has 0 amide bonds. The Hall–Kier alpha value is -2.36. The van der Waals surface area contributed by atoms with Gasteiger partial charge in [-0.1, -0.05) is 18.2 Å². The summed E-state index contributed by atoms with van der Waals surface area (Å²) < 4.78 is 24.0. The summed E-state index contributed by atoms with van der Waals surface area (Å²) in [6.07, 6.45) is 1.34. The molecular weight excluding hydrogens is 271 g/mol. The van der Waals surface area contributed by atoms with Crippen molar-refractivity contribution in [3.8, 4) is 11.5 Å². The van der Waals surface area contributed by atoms with E-state index < -0.39 is 5.41 Å². The van der Waals surface area contributed by atoms with E-state index in [0.29, 0.717) is 23.5 Å². The molecule has 2 aromatic carbocycles. The Balaban J connectivity index is 1.92. The van der Waals surface area contributed by atoms with E-state index in [1.165, 1.54) is 12.1 Å². The zero-order valence-electron chi connectivity index (χ0n) is 11.6. The molecule has 0 aromatic heterocycles. The zero-order valence-corrected chi connectivity index (χ0v) is 11.6. The molecule has 1 aliphatic rings. The molecule has 0 N–H and O–H groups in total. The van der Waals surface area contributed by atoms with Crippen molar-refractivity contribution in [2.24, 2.45) is 0 Å². The average Bonchev–Trinajstić information content (AvgIpc) is 2.94. The molecule has 0 saturated heterocycles. The number of carbonyl (C=O) groups is 1. The zero-order chi connectivity index (χ0) is 14.9. The third kappa shape index (κ3) is 2.61. The highest BCUT2D eigenvalue weighted by Crippen LogP contribution is 2.35. The Morgan fingerprint density at radius 3 is 2.76 bits per heavy atom. The van der Waals surface area contributed by atoms with Crippen LogP contribution in [-0.4, -0.2) is 13.1 Å². The molecule has 1 unspecified atom stereocenters. The van der Waals surface area contributed by atoms with Crippen LogP contribution in [0.5, 0.6) is 11.5 Å². The lowest BCUT2D eigenvalue weighted by Crippen LogP contribution is -2.27.